The summed E-state index contributed by atoms with van der Waals surface area (Å²) < 4.78 is 0. The van der Waals surface area contributed by atoms with Crippen molar-refractivity contribution >= 4 is 10.9 Å². The molecule has 0 unspecified atom stereocenters. The molecular weight excluding hydrogens is 310 g/mol. The summed E-state index contributed by atoms with van der Waals surface area (Å²) in [6, 6.07) is 32.2. The minimum Gasteiger partial charge on any atom is -0.356 e. The number of rotatable bonds is 3. The Kier molecular flexibility index (Phi) is 6.20. The van der Waals surface area contributed by atoms with Crippen LogP contribution in [-0.2, 0) is 10.9 Å². The summed E-state index contributed by atoms with van der Waals surface area (Å²) in [6.07, 6.45) is 0. The zero-order chi connectivity index (χ0) is 16.5. The average molecular weight is 325 g/mol. The molecule has 0 spiro atoms. The van der Waals surface area contributed by atoms with Gasteiger partial charge in [-0.25, -0.2) is 0 Å². The zero-order valence-corrected chi connectivity index (χ0v) is 13.1. The summed E-state index contributed by atoms with van der Waals surface area (Å²) in [6.45, 7) is 0. The van der Waals surface area contributed by atoms with Gasteiger partial charge in [0.05, 0.1) is 16.0 Å². The highest BCUT2D eigenvalue weighted by molar-refractivity contribution is 7.97. The largest absolute Gasteiger partial charge is 0.356 e. The number of benzene rings is 3. The van der Waals surface area contributed by atoms with Crippen molar-refractivity contribution in [2.24, 2.45) is 0 Å². The maximum absolute atomic E-state index is 8.25. The molecule has 0 bridgehead atoms. The van der Waals surface area contributed by atoms with Gasteiger partial charge in [-0.1, -0.05) is 54.6 Å². The molecule has 3 rings (SSSR count). The molecule has 0 atom stereocenters. The van der Waals surface area contributed by atoms with Crippen LogP contribution in [0.15, 0.2) is 106 Å². The van der Waals surface area contributed by atoms with Crippen molar-refractivity contribution in [2.45, 2.75) is 14.7 Å². The van der Waals surface area contributed by atoms with Crippen molar-refractivity contribution in [2.75, 3.05) is 0 Å². The molecule has 0 radical (unpaired) electrons. The highest BCUT2D eigenvalue weighted by atomic mass is 32.2. The van der Waals surface area contributed by atoms with Crippen LogP contribution in [0.4, 0.5) is 0 Å². The third-order valence-electron chi connectivity index (χ3n) is 2.94. The Morgan fingerprint density at radius 1 is 0.565 bits per heavy atom. The van der Waals surface area contributed by atoms with E-state index in [0.29, 0.717) is 0 Å². The van der Waals surface area contributed by atoms with E-state index in [1.807, 2.05) is 0 Å². The fraction of sp³-hybridized carbons (Fsp3) is 0. The molecule has 5 heteroatoms. The summed E-state index contributed by atoms with van der Waals surface area (Å²) >= 11 is 0. The van der Waals surface area contributed by atoms with Crippen LogP contribution in [0, 0.1) is 15.3 Å². The van der Waals surface area contributed by atoms with Crippen LogP contribution in [-0.4, -0.2) is 5.09 Å². The van der Waals surface area contributed by atoms with Crippen LogP contribution in [0.3, 0.4) is 0 Å². The van der Waals surface area contributed by atoms with Crippen LogP contribution in [0.2, 0.25) is 0 Å². The van der Waals surface area contributed by atoms with E-state index in [-0.39, 0.29) is 10.9 Å². The first-order valence-corrected chi connectivity index (χ1v) is 8.12. The second kappa shape index (κ2) is 8.60. The quantitative estimate of drug-likeness (QED) is 0.403. The van der Waals surface area contributed by atoms with Gasteiger partial charge in [-0.15, -0.1) is 0 Å². The molecule has 4 nitrogen and oxygen atoms in total. The molecule has 0 fully saturated rings. The number of nitrogens with zero attached hydrogens (tertiary/aromatic N) is 1. The first kappa shape index (κ1) is 16.6. The van der Waals surface area contributed by atoms with Crippen molar-refractivity contribution in [3.05, 3.63) is 106 Å². The number of hydrogen-bond acceptors (Lipinski definition) is 3. The smallest absolute Gasteiger partial charge is 0.166 e. The van der Waals surface area contributed by atoms with E-state index in [4.69, 9.17) is 15.3 Å². The van der Waals surface area contributed by atoms with Crippen LogP contribution < -0.4 is 0 Å². The van der Waals surface area contributed by atoms with Gasteiger partial charge < -0.3 is 15.3 Å². The molecule has 116 valence electrons. The lowest BCUT2D eigenvalue weighted by Crippen LogP contribution is -2.04. The van der Waals surface area contributed by atoms with Gasteiger partial charge >= 0.3 is 0 Å². The molecule has 3 aromatic rings. The molecule has 0 N–H and O–H groups in total. The zero-order valence-electron chi connectivity index (χ0n) is 12.2. The van der Waals surface area contributed by atoms with Crippen molar-refractivity contribution in [3.63, 3.8) is 0 Å². The third kappa shape index (κ3) is 5.16. The molecule has 0 aromatic heterocycles. The van der Waals surface area contributed by atoms with Crippen LogP contribution >= 0.6 is 0 Å². The van der Waals surface area contributed by atoms with Gasteiger partial charge in [0.25, 0.3) is 0 Å². The lowest BCUT2D eigenvalue weighted by Gasteiger charge is -2.07. The van der Waals surface area contributed by atoms with Crippen LogP contribution in [0.5, 0.6) is 0 Å². The highest BCUT2D eigenvalue weighted by Crippen LogP contribution is 2.30. The van der Waals surface area contributed by atoms with Crippen molar-refractivity contribution in [1.29, 1.82) is 0 Å². The molecule has 0 saturated heterocycles. The molecule has 0 amide bonds. The van der Waals surface area contributed by atoms with E-state index in [1.165, 1.54) is 14.7 Å². The molecule has 0 saturated carbocycles. The normalized spacial score (nSPS) is 9.78. The van der Waals surface area contributed by atoms with E-state index in [2.05, 4.69) is 91.0 Å². The average Bonchev–Trinajstić information content (AvgIpc) is 2.58. The summed E-state index contributed by atoms with van der Waals surface area (Å²) in [7, 11) is -0.0146. The Bertz CT molecular complexity index is 623. The molecule has 0 heterocycles. The molecule has 0 aliphatic heterocycles. The SMILES string of the molecule is O=[N+]([O-])[O-].c1ccc([S+](c2ccccc2)c2ccccc2)cc1. The fourth-order valence-corrected chi connectivity index (χ4v) is 4.18. The van der Waals surface area contributed by atoms with E-state index in [9.17, 15) is 0 Å². The summed E-state index contributed by atoms with van der Waals surface area (Å²) in [5.74, 6) is 0. The first-order valence-electron chi connectivity index (χ1n) is 6.89. The second-order valence-corrected chi connectivity index (χ2v) is 6.50. The van der Waals surface area contributed by atoms with Gasteiger partial charge in [0.1, 0.15) is 0 Å². The van der Waals surface area contributed by atoms with Gasteiger partial charge in [0.2, 0.25) is 0 Å². The standard InChI is InChI=1S/C18H15S.NO3/c1-4-10-16(11-5-1)19(17-12-6-2-7-13-17)18-14-8-3-9-15-18;2-1(3)4/h1-15H;/q+1;-1. The Hall–Kier alpha value is -2.79. The van der Waals surface area contributed by atoms with Crippen molar-refractivity contribution in [1.82, 2.24) is 0 Å². The van der Waals surface area contributed by atoms with Gasteiger partial charge in [0, 0.05) is 0 Å². The predicted molar refractivity (Wildman–Crippen MR) is 91.9 cm³/mol. The first-order chi connectivity index (χ1) is 11.2. The van der Waals surface area contributed by atoms with E-state index in [0.717, 1.165) is 0 Å². The van der Waals surface area contributed by atoms with Gasteiger partial charge in [-0.05, 0) is 36.4 Å². The maximum Gasteiger partial charge on any atom is 0.166 e. The maximum atomic E-state index is 8.25. The van der Waals surface area contributed by atoms with Crippen molar-refractivity contribution < 1.29 is 5.09 Å². The second-order valence-electron chi connectivity index (χ2n) is 4.47. The molecular formula is C18H15NO3S. The van der Waals surface area contributed by atoms with Gasteiger partial charge in [0.15, 0.2) is 14.7 Å². The van der Waals surface area contributed by atoms with E-state index in [1.54, 1.807) is 0 Å². The van der Waals surface area contributed by atoms with Crippen LogP contribution in [0.1, 0.15) is 0 Å². The Balaban J connectivity index is 0.000000433. The topological polar surface area (TPSA) is 66.2 Å². The Morgan fingerprint density at radius 3 is 1.00 bits per heavy atom. The minimum atomic E-state index is -1.75. The lowest BCUT2D eigenvalue weighted by atomic mass is 10.4. The van der Waals surface area contributed by atoms with Gasteiger partial charge in [-0.3, -0.25) is 0 Å². The summed E-state index contributed by atoms with van der Waals surface area (Å²) in [5.41, 5.74) is 0. The monoisotopic (exact) mass is 325 g/mol. The minimum absolute atomic E-state index is 0.0146. The Morgan fingerprint density at radius 2 is 0.783 bits per heavy atom. The summed E-state index contributed by atoms with van der Waals surface area (Å²) in [5, 5.41) is 14.8. The summed E-state index contributed by atoms with van der Waals surface area (Å²) in [4.78, 5) is 12.3. The number of hydrogen-bond donors (Lipinski definition) is 0. The fourth-order valence-electron chi connectivity index (χ4n) is 2.08. The predicted octanol–water partition coefficient (Wildman–Crippen LogP) is 4.54. The van der Waals surface area contributed by atoms with E-state index < -0.39 is 5.09 Å². The molecule has 0 aliphatic carbocycles. The highest BCUT2D eigenvalue weighted by Gasteiger charge is 2.27. The molecule has 23 heavy (non-hydrogen) atoms. The third-order valence-corrected chi connectivity index (χ3v) is 5.17. The van der Waals surface area contributed by atoms with Gasteiger partial charge in [-0.2, -0.15) is 0 Å². The van der Waals surface area contributed by atoms with Crippen LogP contribution in [0.25, 0.3) is 0 Å². The van der Waals surface area contributed by atoms with Crippen molar-refractivity contribution in [3.8, 4) is 0 Å². The molecule has 0 aliphatic rings. The Labute approximate surface area is 137 Å². The lowest BCUT2D eigenvalue weighted by molar-refractivity contribution is -0.402. The van der Waals surface area contributed by atoms with E-state index >= 15 is 0 Å². The molecule has 3 aromatic carbocycles.